The number of hydrogen-bond acceptors (Lipinski definition) is 3. The van der Waals surface area contributed by atoms with Gasteiger partial charge < -0.3 is 5.32 Å². The highest BCUT2D eigenvalue weighted by atomic mass is 32.2. The summed E-state index contributed by atoms with van der Waals surface area (Å²) >= 11 is 1.46. The number of halogens is 1. The van der Waals surface area contributed by atoms with Crippen molar-refractivity contribution in [1.29, 1.82) is 0 Å². The molecule has 138 valence electrons. The number of hydrogen-bond donors (Lipinski definition) is 1. The van der Waals surface area contributed by atoms with Crippen LogP contribution in [0.3, 0.4) is 0 Å². The Bertz CT molecular complexity index is 804. The van der Waals surface area contributed by atoms with Crippen molar-refractivity contribution in [3.8, 4) is 5.69 Å². The van der Waals surface area contributed by atoms with Crippen LogP contribution in [0.15, 0.2) is 35.6 Å². The van der Waals surface area contributed by atoms with Crippen LogP contribution in [0.5, 0.6) is 0 Å². The van der Waals surface area contributed by atoms with Gasteiger partial charge in [0.15, 0.2) is 5.16 Å². The van der Waals surface area contributed by atoms with E-state index in [0.717, 1.165) is 17.5 Å². The number of fused-ring (bicyclic) bond motifs is 2. The van der Waals surface area contributed by atoms with Gasteiger partial charge in [0.2, 0.25) is 0 Å². The van der Waals surface area contributed by atoms with E-state index in [1.165, 1.54) is 49.6 Å². The Hall–Kier alpha value is -1.82. The zero-order chi connectivity index (χ0) is 18.3. The second kappa shape index (κ2) is 7.06. The Morgan fingerprint density at radius 2 is 2.08 bits per heavy atom. The van der Waals surface area contributed by atoms with Crippen molar-refractivity contribution in [2.24, 2.45) is 17.8 Å². The molecule has 4 nitrogen and oxygen atoms in total. The van der Waals surface area contributed by atoms with Crippen LogP contribution in [0.1, 0.15) is 43.1 Å². The quantitative estimate of drug-likeness (QED) is 0.796. The molecule has 2 aliphatic carbocycles. The van der Waals surface area contributed by atoms with E-state index in [2.05, 4.69) is 17.2 Å². The van der Waals surface area contributed by atoms with Gasteiger partial charge in [0.05, 0.1) is 6.20 Å². The molecule has 0 radical (unpaired) electrons. The van der Waals surface area contributed by atoms with Gasteiger partial charge in [0, 0.05) is 11.7 Å². The number of nitrogens with one attached hydrogen (secondary N) is 1. The molecule has 4 atom stereocenters. The van der Waals surface area contributed by atoms with Crippen LogP contribution in [-0.4, -0.2) is 27.8 Å². The van der Waals surface area contributed by atoms with Crippen molar-refractivity contribution in [2.75, 3.05) is 6.26 Å². The Labute approximate surface area is 157 Å². The number of benzene rings is 1. The summed E-state index contributed by atoms with van der Waals surface area (Å²) in [6, 6.07) is 6.31. The maximum Gasteiger partial charge on any atom is 0.270 e. The van der Waals surface area contributed by atoms with Gasteiger partial charge in [-0.25, -0.2) is 9.37 Å². The van der Waals surface area contributed by atoms with Crippen molar-refractivity contribution >= 4 is 17.7 Å². The Kier molecular flexibility index (Phi) is 4.78. The maximum atomic E-state index is 13.3. The molecule has 0 aliphatic heterocycles. The smallest absolute Gasteiger partial charge is 0.270 e. The molecule has 1 amide bonds. The molecule has 1 N–H and O–H groups in total. The van der Waals surface area contributed by atoms with Gasteiger partial charge in [-0.3, -0.25) is 9.36 Å². The second-order valence-electron chi connectivity index (χ2n) is 7.54. The number of amides is 1. The van der Waals surface area contributed by atoms with Crippen LogP contribution < -0.4 is 5.32 Å². The predicted molar refractivity (Wildman–Crippen MR) is 101 cm³/mol. The molecule has 26 heavy (non-hydrogen) atoms. The molecule has 1 heterocycles. The molecular weight excluding hydrogens is 349 g/mol. The molecule has 2 fully saturated rings. The van der Waals surface area contributed by atoms with E-state index >= 15 is 0 Å². The first-order chi connectivity index (χ1) is 12.6. The third kappa shape index (κ3) is 3.15. The lowest BCUT2D eigenvalue weighted by Gasteiger charge is -2.28. The SMILES string of the molecule is CSc1ncc(C(=O)NC(C)C2CC3CCC2C3)n1-c1ccc(F)cc1. The van der Waals surface area contributed by atoms with Gasteiger partial charge in [0.25, 0.3) is 5.91 Å². The zero-order valence-corrected chi connectivity index (χ0v) is 15.9. The summed E-state index contributed by atoms with van der Waals surface area (Å²) in [6.45, 7) is 2.12. The molecule has 0 saturated heterocycles. The monoisotopic (exact) mass is 373 g/mol. The van der Waals surface area contributed by atoms with Crippen molar-refractivity contribution in [3.63, 3.8) is 0 Å². The Morgan fingerprint density at radius 3 is 2.69 bits per heavy atom. The summed E-state index contributed by atoms with van der Waals surface area (Å²) < 4.78 is 15.1. The number of carbonyl (C=O) groups excluding carboxylic acids is 1. The first kappa shape index (κ1) is 17.6. The molecule has 2 aliphatic rings. The topological polar surface area (TPSA) is 46.9 Å². The largest absolute Gasteiger partial charge is 0.348 e. The highest BCUT2D eigenvalue weighted by Crippen LogP contribution is 2.49. The molecule has 2 bridgehead atoms. The number of thioether (sulfide) groups is 1. The van der Waals surface area contributed by atoms with Gasteiger partial charge in [-0.15, -0.1) is 0 Å². The number of rotatable bonds is 5. The normalized spacial score (nSPS) is 25.4. The van der Waals surface area contributed by atoms with Crippen LogP contribution in [-0.2, 0) is 0 Å². The molecular formula is C20H24FN3OS. The lowest BCUT2D eigenvalue weighted by atomic mass is 9.84. The van der Waals surface area contributed by atoms with Gasteiger partial charge in [0.1, 0.15) is 11.5 Å². The summed E-state index contributed by atoms with van der Waals surface area (Å²) in [5.74, 6) is 1.80. The minimum absolute atomic E-state index is 0.114. The van der Waals surface area contributed by atoms with Crippen molar-refractivity contribution in [3.05, 3.63) is 42.0 Å². The van der Waals surface area contributed by atoms with E-state index in [4.69, 9.17) is 0 Å². The standard InChI is InChI=1S/C20H24FN3OS/c1-12(17-10-13-3-4-14(17)9-13)23-19(25)18-11-22-20(26-2)24(18)16-7-5-15(21)6-8-16/h5-8,11-14,17H,3-4,9-10H2,1-2H3,(H,23,25). The van der Waals surface area contributed by atoms with Gasteiger partial charge >= 0.3 is 0 Å². The maximum absolute atomic E-state index is 13.3. The summed E-state index contributed by atoms with van der Waals surface area (Å²) in [7, 11) is 0. The number of imidazole rings is 1. The van der Waals surface area contributed by atoms with E-state index in [1.807, 2.05) is 6.26 Å². The van der Waals surface area contributed by atoms with E-state index < -0.39 is 0 Å². The molecule has 2 aromatic rings. The molecule has 1 aromatic carbocycles. The van der Waals surface area contributed by atoms with E-state index in [1.54, 1.807) is 22.9 Å². The van der Waals surface area contributed by atoms with Crippen LogP contribution in [0.25, 0.3) is 5.69 Å². The van der Waals surface area contributed by atoms with Crippen LogP contribution in [0, 0.1) is 23.6 Å². The molecule has 1 aromatic heterocycles. The van der Waals surface area contributed by atoms with Crippen molar-refractivity contribution in [1.82, 2.24) is 14.9 Å². The summed E-state index contributed by atoms with van der Waals surface area (Å²) in [6.07, 6.45) is 8.75. The Morgan fingerprint density at radius 1 is 1.31 bits per heavy atom. The van der Waals surface area contributed by atoms with E-state index in [0.29, 0.717) is 16.8 Å². The summed E-state index contributed by atoms with van der Waals surface area (Å²) in [5.41, 5.74) is 1.24. The van der Waals surface area contributed by atoms with Crippen molar-refractivity contribution in [2.45, 2.75) is 43.8 Å². The lowest BCUT2D eigenvalue weighted by Crippen LogP contribution is -2.40. The minimum Gasteiger partial charge on any atom is -0.348 e. The zero-order valence-electron chi connectivity index (χ0n) is 15.1. The van der Waals surface area contributed by atoms with Crippen molar-refractivity contribution < 1.29 is 9.18 Å². The first-order valence-corrected chi connectivity index (χ1v) is 10.5. The fourth-order valence-electron chi connectivity index (χ4n) is 4.77. The average Bonchev–Trinajstić information content (AvgIpc) is 3.37. The third-order valence-corrected chi connectivity index (χ3v) is 6.68. The van der Waals surface area contributed by atoms with Crippen LogP contribution in [0.2, 0.25) is 0 Å². The van der Waals surface area contributed by atoms with E-state index in [9.17, 15) is 9.18 Å². The molecule has 6 heteroatoms. The van der Waals surface area contributed by atoms with Gasteiger partial charge in [-0.2, -0.15) is 0 Å². The molecule has 4 unspecified atom stereocenters. The molecule has 2 saturated carbocycles. The van der Waals surface area contributed by atoms with Crippen LogP contribution in [0.4, 0.5) is 4.39 Å². The Balaban J connectivity index is 1.56. The predicted octanol–water partition coefficient (Wildman–Crippen LogP) is 4.29. The summed E-state index contributed by atoms with van der Waals surface area (Å²) in [5, 5.41) is 3.92. The number of nitrogens with zero attached hydrogens (tertiary/aromatic N) is 2. The highest BCUT2D eigenvalue weighted by molar-refractivity contribution is 7.98. The molecule has 4 rings (SSSR count). The number of aromatic nitrogens is 2. The van der Waals surface area contributed by atoms with E-state index in [-0.39, 0.29) is 17.8 Å². The average molecular weight is 373 g/mol. The highest BCUT2D eigenvalue weighted by Gasteiger charge is 2.42. The minimum atomic E-state index is -0.296. The second-order valence-corrected chi connectivity index (χ2v) is 8.32. The van der Waals surface area contributed by atoms with Crippen LogP contribution >= 0.6 is 11.8 Å². The third-order valence-electron chi connectivity index (χ3n) is 6.02. The fourth-order valence-corrected chi connectivity index (χ4v) is 5.32. The lowest BCUT2D eigenvalue weighted by molar-refractivity contribution is 0.0907. The number of carbonyl (C=O) groups is 1. The molecule has 0 spiro atoms. The first-order valence-electron chi connectivity index (χ1n) is 9.25. The fraction of sp³-hybridized carbons (Fsp3) is 0.500. The summed E-state index contributed by atoms with van der Waals surface area (Å²) in [4.78, 5) is 17.3. The van der Waals surface area contributed by atoms with Gasteiger partial charge in [-0.1, -0.05) is 18.2 Å². The van der Waals surface area contributed by atoms with Gasteiger partial charge in [-0.05, 0) is 74.5 Å².